The third kappa shape index (κ3) is 3.60. The second kappa shape index (κ2) is 6.83. The minimum atomic E-state index is -0.494. The largest absolute Gasteiger partial charge is 0.489 e. The quantitative estimate of drug-likeness (QED) is 0.710. The van der Waals surface area contributed by atoms with Gasteiger partial charge in [0.1, 0.15) is 23.0 Å². The molecule has 0 bridgehead atoms. The lowest BCUT2D eigenvalue weighted by molar-refractivity contribution is 0.00902. The fourth-order valence-corrected chi connectivity index (χ4v) is 4.04. The number of likely N-dealkylation sites (tertiary alicyclic amines) is 1. The molecule has 2 aromatic rings. The van der Waals surface area contributed by atoms with E-state index in [9.17, 15) is 9.59 Å². The number of aryl methyl sites for hydroxylation is 1. The molecule has 28 heavy (non-hydrogen) atoms. The minimum absolute atomic E-state index is 0.114. The first-order chi connectivity index (χ1) is 13.2. The molecule has 150 valence electrons. The topological polar surface area (TPSA) is 69.0 Å². The predicted molar refractivity (Wildman–Crippen MR) is 105 cm³/mol. The summed E-state index contributed by atoms with van der Waals surface area (Å²) in [4.78, 5) is 26.7. The summed E-state index contributed by atoms with van der Waals surface area (Å²) < 4.78 is 17.2. The molecule has 2 aliphatic heterocycles. The first kappa shape index (κ1) is 18.8. The van der Waals surface area contributed by atoms with Crippen molar-refractivity contribution in [3.05, 3.63) is 29.5 Å². The monoisotopic (exact) mass is 385 g/mol. The lowest BCUT2D eigenvalue weighted by Gasteiger charge is -2.38. The summed E-state index contributed by atoms with van der Waals surface area (Å²) in [6, 6.07) is 3.71. The number of Topliss-reactive ketones (excluding diaryl/α,β-unsaturated/α-hetero) is 1. The number of amides is 1. The van der Waals surface area contributed by atoms with Crippen LogP contribution in [-0.2, 0) is 4.74 Å². The third-order valence-electron chi connectivity index (χ3n) is 5.55. The van der Waals surface area contributed by atoms with Crippen LogP contribution in [0.15, 0.2) is 22.8 Å². The molecule has 0 radical (unpaired) electrons. The van der Waals surface area contributed by atoms with E-state index in [4.69, 9.17) is 13.9 Å². The van der Waals surface area contributed by atoms with Crippen LogP contribution in [0, 0.1) is 12.8 Å². The van der Waals surface area contributed by atoms with Crippen molar-refractivity contribution in [1.29, 1.82) is 0 Å². The Bertz CT molecular complexity index is 915. The van der Waals surface area contributed by atoms with Crippen molar-refractivity contribution < 1.29 is 23.5 Å². The van der Waals surface area contributed by atoms with Gasteiger partial charge >= 0.3 is 6.09 Å². The zero-order valence-electron chi connectivity index (χ0n) is 16.9. The van der Waals surface area contributed by atoms with Gasteiger partial charge in [0.15, 0.2) is 5.78 Å². The van der Waals surface area contributed by atoms with Gasteiger partial charge in [-0.3, -0.25) is 4.79 Å². The highest BCUT2D eigenvalue weighted by Gasteiger charge is 2.36. The first-order valence-corrected chi connectivity index (χ1v) is 9.91. The molecular weight excluding hydrogens is 358 g/mol. The zero-order chi connectivity index (χ0) is 20.1. The summed E-state index contributed by atoms with van der Waals surface area (Å²) in [5.41, 5.74) is 1.90. The summed E-state index contributed by atoms with van der Waals surface area (Å²) in [6.07, 6.45) is 3.25. The molecule has 0 saturated carbocycles. The maximum Gasteiger partial charge on any atom is 0.410 e. The van der Waals surface area contributed by atoms with Crippen LogP contribution in [0.2, 0.25) is 0 Å². The highest BCUT2D eigenvalue weighted by atomic mass is 16.6. The van der Waals surface area contributed by atoms with Gasteiger partial charge in [-0.2, -0.15) is 0 Å². The molecule has 1 atom stereocenters. The molecule has 1 aromatic heterocycles. The van der Waals surface area contributed by atoms with E-state index in [0.29, 0.717) is 30.8 Å². The highest BCUT2D eigenvalue weighted by molar-refractivity contribution is 6.03. The first-order valence-electron chi connectivity index (χ1n) is 9.91. The number of carbonyl (C=O) groups excluding carboxylic acids is 2. The molecule has 3 heterocycles. The number of nitrogens with zero attached hydrogens (tertiary/aromatic N) is 1. The zero-order valence-corrected chi connectivity index (χ0v) is 16.9. The Labute approximate surface area is 164 Å². The van der Waals surface area contributed by atoms with E-state index in [0.717, 1.165) is 29.4 Å². The molecule has 0 spiro atoms. The van der Waals surface area contributed by atoms with Gasteiger partial charge in [0.05, 0.1) is 11.8 Å². The van der Waals surface area contributed by atoms with E-state index in [1.165, 1.54) is 0 Å². The van der Waals surface area contributed by atoms with Crippen LogP contribution in [0.25, 0.3) is 11.0 Å². The van der Waals surface area contributed by atoms with Gasteiger partial charge in [-0.05, 0) is 58.1 Å². The third-order valence-corrected chi connectivity index (χ3v) is 5.55. The van der Waals surface area contributed by atoms with Crippen LogP contribution in [0.4, 0.5) is 4.79 Å². The van der Waals surface area contributed by atoms with Crippen LogP contribution in [-0.4, -0.2) is 41.6 Å². The number of hydrogen-bond donors (Lipinski definition) is 0. The second-order valence-electron chi connectivity index (χ2n) is 8.85. The molecule has 1 amide bonds. The molecule has 2 aliphatic rings. The summed E-state index contributed by atoms with van der Waals surface area (Å²) in [5, 5.41) is 0.958. The maximum absolute atomic E-state index is 12.7. The Hall–Kier alpha value is -2.50. The summed E-state index contributed by atoms with van der Waals surface area (Å²) in [6.45, 7) is 8.82. The number of ketones is 1. The molecule has 0 N–H and O–H groups in total. The van der Waals surface area contributed by atoms with Crippen molar-refractivity contribution in [3.63, 3.8) is 0 Å². The van der Waals surface area contributed by atoms with Gasteiger partial charge in [-0.25, -0.2) is 4.79 Å². The molecule has 1 unspecified atom stereocenters. The van der Waals surface area contributed by atoms with Gasteiger partial charge in [-0.1, -0.05) is 0 Å². The summed E-state index contributed by atoms with van der Waals surface area (Å²) in [7, 11) is 0. The van der Waals surface area contributed by atoms with Crippen LogP contribution < -0.4 is 4.74 Å². The maximum atomic E-state index is 12.7. The lowest BCUT2D eigenvalue weighted by atomic mass is 9.86. The van der Waals surface area contributed by atoms with Gasteiger partial charge in [0.25, 0.3) is 0 Å². The van der Waals surface area contributed by atoms with Gasteiger partial charge in [0.2, 0.25) is 0 Å². The number of hydrogen-bond acceptors (Lipinski definition) is 5. The van der Waals surface area contributed by atoms with Crippen molar-refractivity contribution in [3.8, 4) is 5.75 Å². The van der Waals surface area contributed by atoms with Crippen molar-refractivity contribution in [2.24, 2.45) is 5.92 Å². The van der Waals surface area contributed by atoms with E-state index >= 15 is 0 Å². The SMILES string of the molecule is Cc1coc2cc3c(cc12)C(=O)CC(C1CCN(C(=O)OC(C)(C)C)CC1)O3. The molecule has 6 nitrogen and oxygen atoms in total. The number of fused-ring (bicyclic) bond motifs is 2. The van der Waals surface area contributed by atoms with E-state index in [1.54, 1.807) is 11.2 Å². The van der Waals surface area contributed by atoms with Crippen molar-refractivity contribution in [2.45, 2.75) is 58.7 Å². The minimum Gasteiger partial charge on any atom is -0.489 e. The number of piperidine rings is 1. The van der Waals surface area contributed by atoms with Gasteiger partial charge in [0, 0.05) is 31.0 Å². The Kier molecular flexibility index (Phi) is 4.60. The normalized spacial score (nSPS) is 20.8. The highest BCUT2D eigenvalue weighted by Crippen LogP contribution is 2.37. The average Bonchev–Trinajstić information content (AvgIpc) is 2.99. The fraction of sp³-hybridized carbons (Fsp3) is 0.545. The second-order valence-corrected chi connectivity index (χ2v) is 8.85. The molecule has 1 saturated heterocycles. The molecule has 1 fully saturated rings. The Morgan fingerprint density at radius 3 is 2.61 bits per heavy atom. The standard InChI is InChI=1S/C22H27NO5/c1-13-12-26-19-11-20-16(9-15(13)19)17(24)10-18(27-20)14-5-7-23(8-6-14)21(25)28-22(2,3)4/h9,11-12,14,18H,5-8,10H2,1-4H3. The van der Waals surface area contributed by atoms with Crippen LogP contribution >= 0.6 is 0 Å². The van der Waals surface area contributed by atoms with E-state index in [2.05, 4.69) is 0 Å². The van der Waals surface area contributed by atoms with Crippen molar-refractivity contribution in [1.82, 2.24) is 4.90 Å². The smallest absolute Gasteiger partial charge is 0.410 e. The Morgan fingerprint density at radius 2 is 1.93 bits per heavy atom. The van der Waals surface area contributed by atoms with Crippen LogP contribution in [0.1, 0.15) is 56.0 Å². The molecule has 0 aliphatic carbocycles. The van der Waals surface area contributed by atoms with Gasteiger partial charge in [-0.15, -0.1) is 0 Å². The van der Waals surface area contributed by atoms with E-state index < -0.39 is 5.60 Å². The van der Waals surface area contributed by atoms with Crippen LogP contribution in [0.5, 0.6) is 5.75 Å². The van der Waals surface area contributed by atoms with E-state index in [1.807, 2.05) is 39.8 Å². The molecule has 6 heteroatoms. The molecule has 4 rings (SSSR count). The van der Waals surface area contributed by atoms with E-state index in [-0.39, 0.29) is 23.9 Å². The summed E-state index contributed by atoms with van der Waals surface area (Å²) in [5.74, 6) is 0.964. The molecular formula is C22H27NO5. The predicted octanol–water partition coefficient (Wildman–Crippen LogP) is 4.72. The number of furan rings is 1. The number of ether oxygens (including phenoxy) is 2. The van der Waals surface area contributed by atoms with Crippen molar-refractivity contribution in [2.75, 3.05) is 13.1 Å². The van der Waals surface area contributed by atoms with Gasteiger partial charge < -0.3 is 18.8 Å². The number of carbonyl (C=O) groups is 2. The number of rotatable bonds is 1. The Balaban J connectivity index is 1.44. The average molecular weight is 385 g/mol. The lowest BCUT2D eigenvalue weighted by Crippen LogP contribution is -2.45. The fourth-order valence-electron chi connectivity index (χ4n) is 4.04. The number of benzene rings is 1. The molecule has 1 aromatic carbocycles. The summed E-state index contributed by atoms with van der Waals surface area (Å²) >= 11 is 0. The Morgan fingerprint density at radius 1 is 1.21 bits per heavy atom. The van der Waals surface area contributed by atoms with Crippen LogP contribution in [0.3, 0.4) is 0 Å². The van der Waals surface area contributed by atoms with Crippen molar-refractivity contribution >= 4 is 22.8 Å².